The van der Waals surface area contributed by atoms with Crippen molar-refractivity contribution in [3.63, 3.8) is 0 Å². The zero-order valence-corrected chi connectivity index (χ0v) is 13.0. The fourth-order valence-corrected chi connectivity index (χ4v) is 2.51. The highest BCUT2D eigenvalue weighted by molar-refractivity contribution is 9.10. The molecule has 5 heteroatoms. The number of nitrogens with zero attached hydrogens (tertiary/aromatic N) is 1. The Balaban J connectivity index is 2.08. The van der Waals surface area contributed by atoms with E-state index < -0.39 is 0 Å². The van der Waals surface area contributed by atoms with Crippen LogP contribution < -0.4 is 15.8 Å². The summed E-state index contributed by atoms with van der Waals surface area (Å²) < 4.78 is 6.21. The minimum Gasteiger partial charge on any atom is -0.497 e. The molecule has 21 heavy (non-hydrogen) atoms. The highest BCUT2D eigenvalue weighted by atomic mass is 79.9. The number of anilines is 3. The van der Waals surface area contributed by atoms with Gasteiger partial charge in [0.05, 0.1) is 24.0 Å². The number of fused-ring (bicyclic) bond motifs is 1. The van der Waals surface area contributed by atoms with Gasteiger partial charge in [-0.15, -0.1) is 0 Å². The van der Waals surface area contributed by atoms with Gasteiger partial charge in [0.1, 0.15) is 5.75 Å². The number of hydrogen-bond acceptors (Lipinski definition) is 4. The molecule has 0 saturated heterocycles. The van der Waals surface area contributed by atoms with Gasteiger partial charge in [-0.1, -0.05) is 0 Å². The molecular weight excluding hydrogens is 330 g/mol. The number of nitrogen functional groups attached to an aromatic ring is 1. The van der Waals surface area contributed by atoms with Gasteiger partial charge in [-0.05, 0) is 52.3 Å². The molecule has 3 rings (SSSR count). The first-order valence-corrected chi connectivity index (χ1v) is 7.22. The topological polar surface area (TPSA) is 60.2 Å². The molecule has 0 aliphatic carbocycles. The number of nitrogens with one attached hydrogen (secondary N) is 1. The van der Waals surface area contributed by atoms with E-state index in [9.17, 15) is 0 Å². The highest BCUT2D eigenvalue weighted by Crippen LogP contribution is 2.33. The third kappa shape index (κ3) is 2.64. The van der Waals surface area contributed by atoms with Gasteiger partial charge in [0, 0.05) is 27.8 Å². The van der Waals surface area contributed by atoms with Crippen LogP contribution in [0, 0.1) is 0 Å². The van der Waals surface area contributed by atoms with Crippen molar-refractivity contribution in [2.75, 3.05) is 18.2 Å². The average Bonchev–Trinajstić information content (AvgIpc) is 2.52. The van der Waals surface area contributed by atoms with E-state index in [1.54, 1.807) is 13.3 Å². The van der Waals surface area contributed by atoms with Gasteiger partial charge < -0.3 is 15.8 Å². The first-order chi connectivity index (χ1) is 10.2. The van der Waals surface area contributed by atoms with E-state index in [1.807, 2.05) is 42.5 Å². The standard InChI is InChI=1S/C16H14BrN3O/c1-21-10-4-5-12(17)15(9-10)20-14-7-6-13(18)11-3-2-8-19-16(11)14/h2-9,20H,18H2,1H3. The van der Waals surface area contributed by atoms with Crippen LogP contribution >= 0.6 is 15.9 Å². The fourth-order valence-electron chi connectivity index (χ4n) is 2.17. The number of benzene rings is 2. The second-order valence-corrected chi connectivity index (χ2v) is 5.43. The third-order valence-electron chi connectivity index (χ3n) is 3.25. The van der Waals surface area contributed by atoms with Gasteiger partial charge in [0.2, 0.25) is 0 Å². The van der Waals surface area contributed by atoms with Crippen LogP contribution in [0.4, 0.5) is 17.1 Å². The van der Waals surface area contributed by atoms with E-state index >= 15 is 0 Å². The Bertz CT molecular complexity index is 805. The molecule has 4 nitrogen and oxygen atoms in total. The zero-order valence-electron chi connectivity index (χ0n) is 11.4. The van der Waals surface area contributed by atoms with Gasteiger partial charge in [-0.25, -0.2) is 0 Å². The van der Waals surface area contributed by atoms with Crippen molar-refractivity contribution in [2.24, 2.45) is 0 Å². The van der Waals surface area contributed by atoms with Crippen LogP contribution in [-0.4, -0.2) is 12.1 Å². The lowest BCUT2D eigenvalue weighted by molar-refractivity contribution is 0.415. The number of pyridine rings is 1. The summed E-state index contributed by atoms with van der Waals surface area (Å²) in [6, 6.07) is 13.4. The van der Waals surface area contributed by atoms with Crippen LogP contribution in [0.1, 0.15) is 0 Å². The van der Waals surface area contributed by atoms with Crippen LogP contribution in [0.25, 0.3) is 10.9 Å². The molecule has 2 aromatic carbocycles. The smallest absolute Gasteiger partial charge is 0.121 e. The minimum atomic E-state index is 0.716. The summed E-state index contributed by atoms with van der Waals surface area (Å²) in [6.45, 7) is 0. The Morgan fingerprint density at radius 3 is 2.81 bits per heavy atom. The summed E-state index contributed by atoms with van der Waals surface area (Å²) >= 11 is 3.53. The molecular formula is C16H14BrN3O. The Morgan fingerprint density at radius 2 is 2.00 bits per heavy atom. The van der Waals surface area contributed by atoms with Gasteiger partial charge in [-0.3, -0.25) is 4.98 Å². The third-order valence-corrected chi connectivity index (χ3v) is 3.94. The molecule has 0 spiro atoms. The van der Waals surface area contributed by atoms with Crippen LogP contribution in [0.3, 0.4) is 0 Å². The molecule has 0 bridgehead atoms. The number of nitrogens with two attached hydrogens (primary N) is 1. The molecule has 3 N–H and O–H groups in total. The van der Waals surface area contributed by atoms with Crippen LogP contribution in [0.5, 0.6) is 5.75 Å². The van der Waals surface area contributed by atoms with E-state index in [1.165, 1.54) is 0 Å². The van der Waals surface area contributed by atoms with Gasteiger partial charge in [0.15, 0.2) is 0 Å². The molecule has 0 fully saturated rings. The maximum Gasteiger partial charge on any atom is 0.121 e. The van der Waals surface area contributed by atoms with Gasteiger partial charge >= 0.3 is 0 Å². The van der Waals surface area contributed by atoms with E-state index in [0.717, 1.165) is 32.5 Å². The van der Waals surface area contributed by atoms with Crippen LogP contribution in [0.15, 0.2) is 53.1 Å². The molecule has 0 unspecified atom stereocenters. The summed E-state index contributed by atoms with van der Waals surface area (Å²) in [5.74, 6) is 0.786. The van der Waals surface area contributed by atoms with Crippen LogP contribution in [0.2, 0.25) is 0 Å². The number of rotatable bonds is 3. The SMILES string of the molecule is COc1ccc(Br)c(Nc2ccc(N)c3cccnc23)c1. The molecule has 0 saturated carbocycles. The summed E-state index contributed by atoms with van der Waals surface area (Å²) in [6.07, 6.45) is 1.76. The number of aromatic nitrogens is 1. The summed E-state index contributed by atoms with van der Waals surface area (Å²) in [4.78, 5) is 4.42. The predicted molar refractivity (Wildman–Crippen MR) is 90.1 cm³/mol. The Kier molecular flexibility index (Phi) is 3.66. The van der Waals surface area contributed by atoms with Crippen LogP contribution in [-0.2, 0) is 0 Å². The predicted octanol–water partition coefficient (Wildman–Crippen LogP) is 4.33. The summed E-state index contributed by atoms with van der Waals surface area (Å²) in [7, 11) is 1.65. The Labute approximate surface area is 131 Å². The van der Waals surface area contributed by atoms with E-state index in [4.69, 9.17) is 10.5 Å². The molecule has 106 valence electrons. The normalized spacial score (nSPS) is 10.6. The van der Waals surface area contributed by atoms with Gasteiger partial charge in [-0.2, -0.15) is 0 Å². The highest BCUT2D eigenvalue weighted by Gasteiger charge is 2.08. The second-order valence-electron chi connectivity index (χ2n) is 4.57. The van der Waals surface area contributed by atoms with Crippen molar-refractivity contribution < 1.29 is 4.74 Å². The number of hydrogen-bond donors (Lipinski definition) is 2. The van der Waals surface area contributed by atoms with Gasteiger partial charge in [0.25, 0.3) is 0 Å². The Morgan fingerprint density at radius 1 is 1.14 bits per heavy atom. The quantitative estimate of drug-likeness (QED) is 0.694. The largest absolute Gasteiger partial charge is 0.497 e. The van der Waals surface area contributed by atoms with E-state index in [2.05, 4.69) is 26.2 Å². The maximum absolute atomic E-state index is 6.00. The van der Waals surface area contributed by atoms with Crippen molar-refractivity contribution in [3.8, 4) is 5.75 Å². The van der Waals surface area contributed by atoms with Crippen molar-refractivity contribution in [2.45, 2.75) is 0 Å². The monoisotopic (exact) mass is 343 g/mol. The van der Waals surface area contributed by atoms with Crippen molar-refractivity contribution in [1.29, 1.82) is 0 Å². The summed E-state index contributed by atoms with van der Waals surface area (Å²) in [5, 5.41) is 4.30. The molecule has 0 amide bonds. The lowest BCUT2D eigenvalue weighted by Gasteiger charge is -2.13. The van der Waals surface area contributed by atoms with E-state index in [-0.39, 0.29) is 0 Å². The molecule has 1 heterocycles. The first kappa shape index (κ1) is 13.7. The Hall–Kier alpha value is -2.27. The average molecular weight is 344 g/mol. The number of halogens is 1. The van der Waals surface area contributed by atoms with Crippen molar-refractivity contribution in [1.82, 2.24) is 4.98 Å². The molecule has 3 aromatic rings. The molecule has 0 atom stereocenters. The zero-order chi connectivity index (χ0) is 14.8. The maximum atomic E-state index is 6.00. The van der Waals surface area contributed by atoms with Crippen molar-refractivity contribution >= 4 is 43.9 Å². The second kappa shape index (κ2) is 5.61. The van der Waals surface area contributed by atoms with Crippen molar-refractivity contribution in [3.05, 3.63) is 53.1 Å². The molecule has 0 aliphatic rings. The lowest BCUT2D eigenvalue weighted by Crippen LogP contribution is -1.97. The number of ether oxygens (including phenoxy) is 1. The first-order valence-electron chi connectivity index (χ1n) is 6.43. The van der Waals surface area contributed by atoms with E-state index in [0.29, 0.717) is 5.69 Å². The molecule has 1 aromatic heterocycles. The molecule has 0 radical (unpaired) electrons. The lowest BCUT2D eigenvalue weighted by atomic mass is 10.1. The summed E-state index contributed by atoms with van der Waals surface area (Å²) in [5.41, 5.74) is 9.36. The fraction of sp³-hybridized carbons (Fsp3) is 0.0625. The minimum absolute atomic E-state index is 0.716. The number of methoxy groups -OCH3 is 1. The molecule has 0 aliphatic heterocycles.